The van der Waals surface area contributed by atoms with Crippen molar-refractivity contribution in [1.82, 2.24) is 9.97 Å². The average Bonchev–Trinajstić information content (AvgIpc) is 2.38. The molecule has 0 amide bonds. The number of aryl methyl sites for hydroxylation is 1. The zero-order chi connectivity index (χ0) is 13.8. The summed E-state index contributed by atoms with van der Waals surface area (Å²) in [6.45, 7) is 2.30. The van der Waals surface area contributed by atoms with Crippen LogP contribution >= 0.6 is 0 Å². The van der Waals surface area contributed by atoms with Crippen molar-refractivity contribution in [2.75, 3.05) is 5.32 Å². The second kappa shape index (κ2) is 5.43. The summed E-state index contributed by atoms with van der Waals surface area (Å²) in [5.74, 6) is -1.77. The number of carboxylic acid groups (broad SMARTS) is 1. The zero-order valence-corrected chi connectivity index (χ0v) is 10.2. The van der Waals surface area contributed by atoms with Crippen LogP contribution in [-0.4, -0.2) is 21.0 Å². The fraction of sp³-hybridized carbons (Fsp3) is 0.154. The number of hydrogen-bond acceptors (Lipinski definition) is 4. The van der Waals surface area contributed by atoms with Gasteiger partial charge in [-0.1, -0.05) is 0 Å². The normalized spacial score (nSPS) is 10.2. The summed E-state index contributed by atoms with van der Waals surface area (Å²) in [5, 5.41) is 11.9. The van der Waals surface area contributed by atoms with E-state index in [-0.39, 0.29) is 11.4 Å². The van der Waals surface area contributed by atoms with Gasteiger partial charge >= 0.3 is 5.97 Å². The van der Waals surface area contributed by atoms with E-state index >= 15 is 0 Å². The minimum absolute atomic E-state index is 0.136. The SMILES string of the molecule is Cc1ccncc1CNc1ncc(F)cc1C(=O)O. The molecule has 0 spiro atoms. The molecule has 0 bridgehead atoms. The van der Waals surface area contributed by atoms with Crippen LogP contribution < -0.4 is 5.32 Å². The molecular weight excluding hydrogens is 249 g/mol. The van der Waals surface area contributed by atoms with E-state index in [1.54, 1.807) is 12.4 Å². The Bertz CT molecular complexity index is 617. The minimum Gasteiger partial charge on any atom is -0.478 e. The van der Waals surface area contributed by atoms with Gasteiger partial charge in [-0.2, -0.15) is 0 Å². The first kappa shape index (κ1) is 12.9. The lowest BCUT2D eigenvalue weighted by molar-refractivity contribution is 0.0697. The van der Waals surface area contributed by atoms with Crippen LogP contribution in [0.3, 0.4) is 0 Å². The summed E-state index contributed by atoms with van der Waals surface area (Å²) in [5.41, 5.74) is 1.76. The molecule has 2 aromatic rings. The third-order valence-electron chi connectivity index (χ3n) is 2.68. The van der Waals surface area contributed by atoms with Crippen LogP contribution in [-0.2, 0) is 6.54 Å². The molecule has 0 aromatic carbocycles. The van der Waals surface area contributed by atoms with E-state index in [1.807, 2.05) is 13.0 Å². The maximum atomic E-state index is 13.0. The van der Waals surface area contributed by atoms with Gasteiger partial charge in [0.15, 0.2) is 0 Å². The Balaban J connectivity index is 2.20. The first-order valence-corrected chi connectivity index (χ1v) is 5.60. The highest BCUT2D eigenvalue weighted by atomic mass is 19.1. The van der Waals surface area contributed by atoms with Crippen molar-refractivity contribution in [2.45, 2.75) is 13.5 Å². The maximum Gasteiger partial charge on any atom is 0.339 e. The monoisotopic (exact) mass is 261 g/mol. The summed E-state index contributed by atoms with van der Waals surface area (Å²) in [6, 6.07) is 2.79. The predicted octanol–water partition coefficient (Wildman–Crippen LogP) is 2.23. The van der Waals surface area contributed by atoms with E-state index in [0.717, 1.165) is 23.4 Å². The fourth-order valence-electron chi connectivity index (χ4n) is 1.60. The van der Waals surface area contributed by atoms with Gasteiger partial charge in [-0.05, 0) is 30.2 Å². The van der Waals surface area contributed by atoms with Crippen LogP contribution in [0.25, 0.3) is 0 Å². The highest BCUT2D eigenvalue weighted by molar-refractivity contribution is 5.93. The topological polar surface area (TPSA) is 75.1 Å². The van der Waals surface area contributed by atoms with Crippen molar-refractivity contribution >= 4 is 11.8 Å². The number of halogens is 1. The second-order valence-corrected chi connectivity index (χ2v) is 4.01. The van der Waals surface area contributed by atoms with Crippen LogP contribution in [0.2, 0.25) is 0 Å². The number of hydrogen-bond donors (Lipinski definition) is 2. The predicted molar refractivity (Wildman–Crippen MR) is 67.5 cm³/mol. The highest BCUT2D eigenvalue weighted by Crippen LogP contribution is 2.15. The number of aromatic nitrogens is 2. The number of rotatable bonds is 4. The Labute approximate surface area is 109 Å². The molecular formula is C13H12FN3O2. The molecule has 19 heavy (non-hydrogen) atoms. The van der Waals surface area contributed by atoms with Crippen molar-refractivity contribution < 1.29 is 14.3 Å². The minimum atomic E-state index is -1.22. The van der Waals surface area contributed by atoms with Crippen molar-refractivity contribution in [1.29, 1.82) is 0 Å². The first-order valence-electron chi connectivity index (χ1n) is 5.60. The first-order chi connectivity index (χ1) is 9.08. The molecule has 0 fully saturated rings. The van der Waals surface area contributed by atoms with Gasteiger partial charge in [0.05, 0.1) is 6.20 Å². The van der Waals surface area contributed by atoms with Gasteiger partial charge in [-0.15, -0.1) is 0 Å². The smallest absolute Gasteiger partial charge is 0.339 e. The summed E-state index contributed by atoms with van der Waals surface area (Å²) in [6.07, 6.45) is 4.34. The molecule has 2 heterocycles. The number of anilines is 1. The van der Waals surface area contributed by atoms with Crippen molar-refractivity contribution in [3.05, 3.63) is 53.2 Å². The number of carboxylic acids is 1. The van der Waals surface area contributed by atoms with E-state index in [0.29, 0.717) is 6.54 Å². The summed E-state index contributed by atoms with van der Waals surface area (Å²) in [4.78, 5) is 18.7. The molecule has 0 saturated heterocycles. The van der Waals surface area contributed by atoms with Crippen LogP contribution in [0, 0.1) is 12.7 Å². The summed E-state index contributed by atoms with van der Waals surface area (Å²) >= 11 is 0. The molecule has 0 radical (unpaired) electrons. The van der Waals surface area contributed by atoms with Crippen LogP contribution in [0.4, 0.5) is 10.2 Å². The molecule has 0 aliphatic heterocycles. The Morgan fingerprint density at radius 1 is 1.47 bits per heavy atom. The van der Waals surface area contributed by atoms with Gasteiger partial charge in [0.25, 0.3) is 0 Å². The van der Waals surface area contributed by atoms with Crippen molar-refractivity contribution in [3.8, 4) is 0 Å². The van der Waals surface area contributed by atoms with Crippen molar-refractivity contribution in [2.24, 2.45) is 0 Å². The lowest BCUT2D eigenvalue weighted by Crippen LogP contribution is -2.09. The molecule has 0 atom stereocenters. The number of nitrogens with zero attached hydrogens (tertiary/aromatic N) is 2. The highest BCUT2D eigenvalue weighted by Gasteiger charge is 2.12. The molecule has 0 unspecified atom stereocenters. The standard InChI is InChI=1S/C13H12FN3O2/c1-8-2-3-15-5-9(8)6-16-12-11(13(18)19)4-10(14)7-17-12/h2-5,7H,6H2,1H3,(H,16,17)(H,18,19). The lowest BCUT2D eigenvalue weighted by atomic mass is 10.1. The van der Waals surface area contributed by atoms with Gasteiger partial charge < -0.3 is 10.4 Å². The van der Waals surface area contributed by atoms with Crippen molar-refractivity contribution in [3.63, 3.8) is 0 Å². The van der Waals surface area contributed by atoms with E-state index in [4.69, 9.17) is 5.11 Å². The summed E-state index contributed by atoms with van der Waals surface area (Å²) < 4.78 is 13.0. The zero-order valence-electron chi connectivity index (χ0n) is 10.2. The number of nitrogens with one attached hydrogen (secondary N) is 1. The van der Waals surface area contributed by atoms with E-state index in [2.05, 4.69) is 15.3 Å². The fourth-order valence-corrected chi connectivity index (χ4v) is 1.60. The Kier molecular flexibility index (Phi) is 3.70. The number of pyridine rings is 2. The molecule has 98 valence electrons. The van der Waals surface area contributed by atoms with Gasteiger partial charge in [0.2, 0.25) is 0 Å². The molecule has 2 N–H and O–H groups in total. The average molecular weight is 261 g/mol. The van der Waals surface area contributed by atoms with E-state index < -0.39 is 11.8 Å². The quantitative estimate of drug-likeness (QED) is 0.882. The third kappa shape index (κ3) is 3.04. The summed E-state index contributed by atoms with van der Waals surface area (Å²) in [7, 11) is 0. The molecule has 6 heteroatoms. The van der Waals surface area contributed by atoms with Gasteiger partial charge in [-0.3, -0.25) is 4.98 Å². The Morgan fingerprint density at radius 2 is 2.26 bits per heavy atom. The number of carbonyl (C=O) groups is 1. The molecule has 0 aliphatic carbocycles. The van der Waals surface area contributed by atoms with Gasteiger partial charge in [0, 0.05) is 18.9 Å². The molecule has 2 aromatic heterocycles. The third-order valence-corrected chi connectivity index (χ3v) is 2.68. The van der Waals surface area contributed by atoms with Gasteiger partial charge in [0.1, 0.15) is 17.2 Å². The van der Waals surface area contributed by atoms with Gasteiger partial charge in [-0.25, -0.2) is 14.2 Å². The second-order valence-electron chi connectivity index (χ2n) is 4.01. The van der Waals surface area contributed by atoms with E-state index in [9.17, 15) is 9.18 Å². The lowest BCUT2D eigenvalue weighted by Gasteiger charge is -2.09. The van der Waals surface area contributed by atoms with E-state index in [1.165, 1.54) is 0 Å². The van der Waals surface area contributed by atoms with Crippen LogP contribution in [0.15, 0.2) is 30.7 Å². The Hall–Kier alpha value is -2.50. The van der Waals surface area contributed by atoms with Crippen LogP contribution in [0.5, 0.6) is 0 Å². The maximum absolute atomic E-state index is 13.0. The molecule has 2 rings (SSSR count). The molecule has 0 saturated carbocycles. The molecule has 5 nitrogen and oxygen atoms in total. The number of aromatic carboxylic acids is 1. The van der Waals surface area contributed by atoms with Crippen LogP contribution in [0.1, 0.15) is 21.5 Å². The Morgan fingerprint density at radius 3 is 2.95 bits per heavy atom. The molecule has 0 aliphatic rings. The largest absolute Gasteiger partial charge is 0.478 e.